The van der Waals surface area contributed by atoms with E-state index < -0.39 is 10.0 Å². The molecule has 0 heterocycles. The molecule has 1 aromatic rings. The van der Waals surface area contributed by atoms with Gasteiger partial charge in [-0.25, -0.2) is 13.6 Å². The quantitative estimate of drug-likeness (QED) is 0.821. The third kappa shape index (κ3) is 4.52. The summed E-state index contributed by atoms with van der Waals surface area (Å²) in [6, 6.07) is 2.85. The summed E-state index contributed by atoms with van der Waals surface area (Å²) < 4.78 is 28.1. The predicted octanol–water partition coefficient (Wildman–Crippen LogP) is 1.11. The number of methoxy groups -OCH3 is 1. The minimum Gasteiger partial charge on any atom is -0.383 e. The number of amides is 1. The second kappa shape index (κ2) is 7.02. The van der Waals surface area contributed by atoms with E-state index in [1.165, 1.54) is 6.07 Å². The van der Waals surface area contributed by atoms with Gasteiger partial charge in [0.2, 0.25) is 10.0 Å². The van der Waals surface area contributed by atoms with Crippen molar-refractivity contribution in [1.82, 2.24) is 5.32 Å². The summed E-state index contributed by atoms with van der Waals surface area (Å²) in [5, 5.41) is 8.00. The number of primary sulfonamides is 1. The second-order valence-electron chi connectivity index (χ2n) is 5.01. The molecule has 1 aromatic carbocycles. The molecular formula is C14H22N2O4S. The van der Waals surface area contributed by atoms with Crippen LogP contribution in [0.2, 0.25) is 0 Å². The number of benzene rings is 1. The molecule has 6 nitrogen and oxygen atoms in total. The van der Waals surface area contributed by atoms with Crippen LogP contribution in [-0.4, -0.2) is 34.1 Å². The molecule has 0 aliphatic carbocycles. The summed E-state index contributed by atoms with van der Waals surface area (Å²) in [6.07, 6.45) is 0.715. The van der Waals surface area contributed by atoms with Crippen molar-refractivity contribution in [1.29, 1.82) is 0 Å². The van der Waals surface area contributed by atoms with Crippen molar-refractivity contribution >= 4 is 15.9 Å². The summed E-state index contributed by atoms with van der Waals surface area (Å²) in [5.41, 5.74) is 1.53. The minimum atomic E-state index is -3.86. The van der Waals surface area contributed by atoms with Crippen LogP contribution in [0.3, 0.4) is 0 Å². The summed E-state index contributed by atoms with van der Waals surface area (Å²) in [7, 11) is -2.29. The first kappa shape index (κ1) is 17.6. The number of ether oxygens (including phenoxy) is 1. The van der Waals surface area contributed by atoms with Gasteiger partial charge in [0.15, 0.2) is 0 Å². The molecule has 0 aliphatic rings. The maximum absolute atomic E-state index is 12.3. The van der Waals surface area contributed by atoms with Crippen LogP contribution in [-0.2, 0) is 14.8 Å². The lowest BCUT2D eigenvalue weighted by Crippen LogP contribution is -2.38. The molecule has 0 saturated carbocycles. The smallest absolute Gasteiger partial charge is 0.251 e. The van der Waals surface area contributed by atoms with Gasteiger partial charge in [0.05, 0.1) is 17.5 Å². The standard InChI is InChI=1S/C14H22N2O4S/c1-5-11(8-20-4)16-14(17)12-7-13(21(15,18)19)10(3)6-9(12)2/h6-7,11H,5,8H2,1-4H3,(H,16,17)(H2,15,18,19). The number of carbonyl (C=O) groups is 1. The Balaban J connectivity index is 3.15. The van der Waals surface area contributed by atoms with Gasteiger partial charge in [-0.15, -0.1) is 0 Å². The molecule has 118 valence electrons. The highest BCUT2D eigenvalue weighted by atomic mass is 32.2. The minimum absolute atomic E-state index is 0.0296. The van der Waals surface area contributed by atoms with Crippen LogP contribution >= 0.6 is 0 Å². The zero-order valence-electron chi connectivity index (χ0n) is 12.8. The zero-order valence-corrected chi connectivity index (χ0v) is 13.6. The number of sulfonamides is 1. The van der Waals surface area contributed by atoms with Gasteiger partial charge in [0.25, 0.3) is 5.91 Å². The molecule has 0 saturated heterocycles. The Morgan fingerprint density at radius 2 is 1.95 bits per heavy atom. The molecule has 1 atom stereocenters. The Kier molecular flexibility index (Phi) is 5.88. The lowest BCUT2D eigenvalue weighted by atomic mass is 10.0. The Morgan fingerprint density at radius 3 is 2.43 bits per heavy atom. The monoisotopic (exact) mass is 314 g/mol. The van der Waals surface area contributed by atoms with Crippen LogP contribution in [0.5, 0.6) is 0 Å². The maximum Gasteiger partial charge on any atom is 0.251 e. The molecule has 1 rings (SSSR count). The van der Waals surface area contributed by atoms with Crippen molar-refractivity contribution < 1.29 is 17.9 Å². The number of rotatable bonds is 6. The number of hydrogen-bond donors (Lipinski definition) is 2. The summed E-state index contributed by atoms with van der Waals surface area (Å²) in [6.45, 7) is 5.73. The molecule has 0 spiro atoms. The molecule has 3 N–H and O–H groups in total. The van der Waals surface area contributed by atoms with Crippen molar-refractivity contribution in [2.24, 2.45) is 5.14 Å². The predicted molar refractivity (Wildman–Crippen MR) is 80.7 cm³/mol. The maximum atomic E-state index is 12.3. The van der Waals surface area contributed by atoms with E-state index in [1.807, 2.05) is 6.92 Å². The van der Waals surface area contributed by atoms with Crippen LogP contribution < -0.4 is 10.5 Å². The molecule has 7 heteroatoms. The Hall–Kier alpha value is -1.44. The van der Waals surface area contributed by atoms with Crippen LogP contribution in [0.25, 0.3) is 0 Å². The number of carbonyl (C=O) groups excluding carboxylic acids is 1. The highest BCUT2D eigenvalue weighted by molar-refractivity contribution is 7.89. The summed E-state index contributed by atoms with van der Waals surface area (Å²) >= 11 is 0. The van der Waals surface area contributed by atoms with E-state index >= 15 is 0 Å². The van der Waals surface area contributed by atoms with E-state index in [0.29, 0.717) is 29.7 Å². The van der Waals surface area contributed by atoms with E-state index in [1.54, 1.807) is 27.0 Å². The lowest BCUT2D eigenvalue weighted by molar-refractivity contribution is 0.0894. The van der Waals surface area contributed by atoms with Crippen molar-refractivity contribution in [2.45, 2.75) is 38.1 Å². The Bertz CT molecular complexity index is 626. The van der Waals surface area contributed by atoms with Gasteiger partial charge in [-0.3, -0.25) is 4.79 Å². The van der Waals surface area contributed by atoms with E-state index in [-0.39, 0.29) is 16.8 Å². The zero-order chi connectivity index (χ0) is 16.2. The fourth-order valence-electron chi connectivity index (χ4n) is 2.11. The first-order valence-corrected chi connectivity index (χ1v) is 8.19. The number of nitrogens with two attached hydrogens (primary N) is 1. The van der Waals surface area contributed by atoms with Gasteiger partial charge in [-0.1, -0.05) is 13.0 Å². The van der Waals surface area contributed by atoms with Gasteiger partial charge in [-0.05, 0) is 37.5 Å². The van der Waals surface area contributed by atoms with Gasteiger partial charge in [0, 0.05) is 12.7 Å². The average molecular weight is 314 g/mol. The van der Waals surface area contributed by atoms with Gasteiger partial charge in [-0.2, -0.15) is 0 Å². The molecule has 21 heavy (non-hydrogen) atoms. The fraction of sp³-hybridized carbons (Fsp3) is 0.500. The molecule has 0 fully saturated rings. The van der Waals surface area contributed by atoms with E-state index in [9.17, 15) is 13.2 Å². The van der Waals surface area contributed by atoms with E-state index in [2.05, 4.69) is 5.32 Å². The first-order valence-electron chi connectivity index (χ1n) is 6.64. The van der Waals surface area contributed by atoms with Gasteiger partial charge < -0.3 is 10.1 Å². The third-order valence-corrected chi connectivity index (χ3v) is 4.32. The lowest BCUT2D eigenvalue weighted by Gasteiger charge is -2.17. The summed E-state index contributed by atoms with van der Waals surface area (Å²) in [4.78, 5) is 12.3. The van der Waals surface area contributed by atoms with Crippen molar-refractivity contribution in [3.8, 4) is 0 Å². The normalized spacial score (nSPS) is 13.0. The molecule has 0 aromatic heterocycles. The molecule has 1 amide bonds. The van der Waals surface area contributed by atoms with Crippen molar-refractivity contribution in [3.63, 3.8) is 0 Å². The van der Waals surface area contributed by atoms with Crippen molar-refractivity contribution in [2.75, 3.05) is 13.7 Å². The molecule has 0 radical (unpaired) electrons. The Morgan fingerprint density at radius 1 is 1.33 bits per heavy atom. The van der Waals surface area contributed by atoms with Crippen LogP contribution in [0.15, 0.2) is 17.0 Å². The number of nitrogens with one attached hydrogen (secondary N) is 1. The second-order valence-corrected chi connectivity index (χ2v) is 6.54. The highest BCUT2D eigenvalue weighted by Crippen LogP contribution is 2.19. The average Bonchev–Trinajstić information content (AvgIpc) is 2.36. The highest BCUT2D eigenvalue weighted by Gasteiger charge is 2.19. The third-order valence-electron chi connectivity index (χ3n) is 3.27. The molecule has 1 unspecified atom stereocenters. The largest absolute Gasteiger partial charge is 0.383 e. The van der Waals surface area contributed by atoms with Gasteiger partial charge in [0.1, 0.15) is 0 Å². The van der Waals surface area contributed by atoms with E-state index in [4.69, 9.17) is 9.88 Å². The molecule has 0 aliphatic heterocycles. The molecule has 0 bridgehead atoms. The van der Waals surface area contributed by atoms with Crippen LogP contribution in [0.1, 0.15) is 34.8 Å². The topological polar surface area (TPSA) is 98.5 Å². The first-order chi connectivity index (χ1) is 9.70. The number of aryl methyl sites for hydroxylation is 2. The summed E-state index contributed by atoms with van der Waals surface area (Å²) in [5.74, 6) is -0.332. The van der Waals surface area contributed by atoms with Crippen LogP contribution in [0.4, 0.5) is 0 Å². The number of hydrogen-bond acceptors (Lipinski definition) is 4. The van der Waals surface area contributed by atoms with Crippen molar-refractivity contribution in [3.05, 3.63) is 28.8 Å². The SMILES string of the molecule is CCC(COC)NC(=O)c1cc(S(N)(=O)=O)c(C)cc1C. The van der Waals surface area contributed by atoms with E-state index in [0.717, 1.165) is 0 Å². The fourth-order valence-corrected chi connectivity index (χ4v) is 2.90. The molecular weight excluding hydrogens is 292 g/mol. The van der Waals surface area contributed by atoms with Crippen LogP contribution in [0, 0.1) is 13.8 Å². The van der Waals surface area contributed by atoms with Gasteiger partial charge >= 0.3 is 0 Å². The Labute approximate surface area is 125 Å².